The van der Waals surface area contributed by atoms with Crippen molar-refractivity contribution >= 4 is 27.7 Å². The fourth-order valence-electron chi connectivity index (χ4n) is 1.73. The Balaban J connectivity index is 2.01. The average Bonchev–Trinajstić information content (AvgIpc) is 2.90. The lowest BCUT2D eigenvalue weighted by Crippen LogP contribution is -2.30. The zero-order valence-electron chi connectivity index (χ0n) is 13.3. The van der Waals surface area contributed by atoms with Gasteiger partial charge in [0.05, 0.1) is 4.47 Å². The number of anilines is 1. The van der Waals surface area contributed by atoms with E-state index in [2.05, 4.69) is 26.4 Å². The Bertz CT molecular complexity index is 710. The molecule has 0 aliphatic heterocycles. The summed E-state index contributed by atoms with van der Waals surface area (Å²) in [5, 5.41) is 6.45. The summed E-state index contributed by atoms with van der Waals surface area (Å²) in [5.74, 6) is 0.606. The summed E-state index contributed by atoms with van der Waals surface area (Å²) in [6.07, 6.45) is -0.786. The van der Waals surface area contributed by atoms with Gasteiger partial charge < -0.3 is 14.6 Å². The summed E-state index contributed by atoms with van der Waals surface area (Å²) >= 11 is 3.19. The number of hydrogen-bond donors (Lipinski definition) is 1. The SMILES string of the molecule is CC(Oc1ccc(F)cc1Br)C(=O)Nc1cc(C(C)(C)C)on1. The van der Waals surface area contributed by atoms with E-state index in [4.69, 9.17) is 9.26 Å². The highest BCUT2D eigenvalue weighted by Crippen LogP contribution is 2.27. The van der Waals surface area contributed by atoms with Crippen LogP contribution in [0.3, 0.4) is 0 Å². The van der Waals surface area contributed by atoms with Gasteiger partial charge in [0.15, 0.2) is 11.9 Å². The van der Waals surface area contributed by atoms with Gasteiger partial charge in [0.25, 0.3) is 5.91 Å². The Morgan fingerprint density at radius 1 is 1.39 bits per heavy atom. The summed E-state index contributed by atoms with van der Waals surface area (Å²) in [4.78, 5) is 12.1. The standard InChI is InChI=1S/C16H18BrFN2O3/c1-9(22-12-6-5-10(18)7-11(12)17)15(21)19-14-8-13(23-20-14)16(2,3)4/h5-9H,1-4H3,(H,19,20,21). The number of ether oxygens (including phenoxy) is 1. The Morgan fingerprint density at radius 3 is 2.65 bits per heavy atom. The Hall–Kier alpha value is -1.89. The lowest BCUT2D eigenvalue weighted by atomic mass is 9.93. The highest BCUT2D eigenvalue weighted by Gasteiger charge is 2.22. The third kappa shape index (κ3) is 4.54. The Labute approximate surface area is 142 Å². The van der Waals surface area contributed by atoms with E-state index in [-0.39, 0.29) is 11.3 Å². The van der Waals surface area contributed by atoms with Crippen LogP contribution < -0.4 is 10.1 Å². The molecule has 1 heterocycles. The third-order valence-corrected chi connectivity index (χ3v) is 3.69. The zero-order chi connectivity index (χ0) is 17.2. The minimum atomic E-state index is -0.786. The van der Waals surface area contributed by atoms with Crippen LogP contribution >= 0.6 is 15.9 Å². The minimum absolute atomic E-state index is 0.197. The van der Waals surface area contributed by atoms with Crippen LogP contribution in [0, 0.1) is 5.82 Å². The van der Waals surface area contributed by atoms with E-state index in [9.17, 15) is 9.18 Å². The lowest BCUT2D eigenvalue weighted by Gasteiger charge is -2.15. The van der Waals surface area contributed by atoms with Gasteiger partial charge in [-0.1, -0.05) is 25.9 Å². The maximum Gasteiger partial charge on any atom is 0.266 e. The predicted molar refractivity (Wildman–Crippen MR) is 88.0 cm³/mol. The second-order valence-electron chi connectivity index (χ2n) is 6.15. The highest BCUT2D eigenvalue weighted by molar-refractivity contribution is 9.10. The van der Waals surface area contributed by atoms with E-state index in [1.54, 1.807) is 13.0 Å². The van der Waals surface area contributed by atoms with Gasteiger partial charge in [-0.2, -0.15) is 0 Å². The van der Waals surface area contributed by atoms with Crippen LogP contribution in [0.25, 0.3) is 0 Å². The number of halogens is 2. The number of nitrogens with one attached hydrogen (secondary N) is 1. The van der Waals surface area contributed by atoms with Crippen LogP contribution in [0.15, 0.2) is 33.3 Å². The van der Waals surface area contributed by atoms with Crippen molar-refractivity contribution in [1.29, 1.82) is 0 Å². The van der Waals surface area contributed by atoms with Gasteiger partial charge >= 0.3 is 0 Å². The Kier molecular flexibility index (Phi) is 5.09. The monoisotopic (exact) mass is 384 g/mol. The van der Waals surface area contributed by atoms with Gasteiger partial charge in [0.2, 0.25) is 0 Å². The summed E-state index contributed by atoms with van der Waals surface area (Å²) < 4.78 is 24.2. The normalized spacial score (nSPS) is 12.8. The van der Waals surface area contributed by atoms with Gasteiger partial charge in [-0.15, -0.1) is 0 Å². The Morgan fingerprint density at radius 2 is 2.09 bits per heavy atom. The second-order valence-corrected chi connectivity index (χ2v) is 7.00. The van der Waals surface area contributed by atoms with Crippen LogP contribution in [0.4, 0.5) is 10.2 Å². The van der Waals surface area contributed by atoms with Gasteiger partial charge in [0, 0.05) is 11.5 Å². The van der Waals surface area contributed by atoms with Crippen LogP contribution in [0.5, 0.6) is 5.75 Å². The molecule has 2 rings (SSSR count). The first kappa shape index (κ1) is 17.5. The number of carbonyl (C=O) groups excluding carboxylic acids is 1. The molecule has 0 aliphatic rings. The minimum Gasteiger partial charge on any atom is -0.480 e. The number of amides is 1. The summed E-state index contributed by atoms with van der Waals surface area (Å²) in [7, 11) is 0. The predicted octanol–water partition coefficient (Wildman–Crippen LogP) is 4.28. The largest absolute Gasteiger partial charge is 0.480 e. The summed E-state index contributed by atoms with van der Waals surface area (Å²) in [6.45, 7) is 7.54. The van der Waals surface area contributed by atoms with Crippen molar-refractivity contribution in [3.05, 3.63) is 40.3 Å². The van der Waals surface area contributed by atoms with E-state index >= 15 is 0 Å². The topological polar surface area (TPSA) is 64.4 Å². The van der Waals surface area contributed by atoms with E-state index in [1.807, 2.05) is 20.8 Å². The van der Waals surface area contributed by atoms with Gasteiger partial charge in [-0.3, -0.25) is 4.79 Å². The molecule has 0 spiro atoms. The van der Waals surface area contributed by atoms with Crippen molar-refractivity contribution in [2.24, 2.45) is 0 Å². The molecule has 1 aromatic carbocycles. The number of aromatic nitrogens is 1. The molecule has 0 saturated carbocycles. The first-order valence-corrected chi connectivity index (χ1v) is 7.86. The average molecular weight is 385 g/mol. The number of benzene rings is 1. The number of hydrogen-bond acceptors (Lipinski definition) is 4. The number of nitrogens with zero attached hydrogens (tertiary/aromatic N) is 1. The molecule has 1 N–H and O–H groups in total. The maximum atomic E-state index is 13.0. The fraction of sp³-hybridized carbons (Fsp3) is 0.375. The van der Waals surface area contributed by atoms with E-state index in [1.165, 1.54) is 18.2 Å². The highest BCUT2D eigenvalue weighted by atomic mass is 79.9. The van der Waals surface area contributed by atoms with Crippen molar-refractivity contribution < 1.29 is 18.4 Å². The van der Waals surface area contributed by atoms with Crippen molar-refractivity contribution in [2.45, 2.75) is 39.2 Å². The fourth-order valence-corrected chi connectivity index (χ4v) is 2.17. The van der Waals surface area contributed by atoms with Crippen LogP contribution in [-0.2, 0) is 10.2 Å². The molecule has 0 aliphatic carbocycles. The van der Waals surface area contributed by atoms with E-state index in [0.29, 0.717) is 21.8 Å². The molecule has 7 heteroatoms. The lowest BCUT2D eigenvalue weighted by molar-refractivity contribution is -0.122. The smallest absolute Gasteiger partial charge is 0.266 e. The maximum absolute atomic E-state index is 13.0. The van der Waals surface area contributed by atoms with Gasteiger partial charge in [-0.25, -0.2) is 4.39 Å². The molecular weight excluding hydrogens is 367 g/mol. The summed E-state index contributed by atoms with van der Waals surface area (Å²) in [5.41, 5.74) is -0.197. The molecule has 0 saturated heterocycles. The number of rotatable bonds is 4. The molecular formula is C16H18BrFN2O3. The molecule has 1 unspecified atom stereocenters. The van der Waals surface area contributed by atoms with Gasteiger partial charge in [0.1, 0.15) is 17.3 Å². The molecule has 23 heavy (non-hydrogen) atoms. The van der Waals surface area contributed by atoms with Gasteiger partial charge in [-0.05, 0) is 41.1 Å². The van der Waals surface area contributed by atoms with E-state index in [0.717, 1.165) is 0 Å². The van der Waals surface area contributed by atoms with Crippen LogP contribution in [0.2, 0.25) is 0 Å². The molecule has 0 radical (unpaired) electrons. The molecule has 124 valence electrons. The van der Waals surface area contributed by atoms with Crippen molar-refractivity contribution in [2.75, 3.05) is 5.32 Å². The molecule has 0 fully saturated rings. The number of carbonyl (C=O) groups is 1. The molecule has 1 aromatic heterocycles. The first-order chi connectivity index (χ1) is 10.7. The second kappa shape index (κ2) is 6.70. The molecule has 1 amide bonds. The third-order valence-electron chi connectivity index (χ3n) is 3.07. The van der Waals surface area contributed by atoms with Crippen molar-refractivity contribution in [1.82, 2.24) is 5.16 Å². The molecule has 0 bridgehead atoms. The van der Waals surface area contributed by atoms with Crippen molar-refractivity contribution in [3.63, 3.8) is 0 Å². The molecule has 1 atom stereocenters. The van der Waals surface area contributed by atoms with E-state index < -0.39 is 11.9 Å². The van der Waals surface area contributed by atoms with Crippen molar-refractivity contribution in [3.8, 4) is 5.75 Å². The molecule has 5 nitrogen and oxygen atoms in total. The van der Waals surface area contributed by atoms with Crippen LogP contribution in [0.1, 0.15) is 33.5 Å². The zero-order valence-corrected chi connectivity index (χ0v) is 14.9. The summed E-state index contributed by atoms with van der Waals surface area (Å²) in [6, 6.07) is 5.67. The quantitative estimate of drug-likeness (QED) is 0.854. The first-order valence-electron chi connectivity index (χ1n) is 7.06. The van der Waals surface area contributed by atoms with Crippen LogP contribution in [-0.4, -0.2) is 17.2 Å². The molecule has 2 aromatic rings.